The second kappa shape index (κ2) is 6.83. The first-order valence-electron chi connectivity index (χ1n) is 8.10. The van der Waals surface area contributed by atoms with Gasteiger partial charge in [-0.15, -0.1) is 0 Å². The molecule has 0 saturated heterocycles. The Labute approximate surface area is 138 Å². The van der Waals surface area contributed by atoms with Gasteiger partial charge >= 0.3 is 6.18 Å². The number of carbonyl (C=O) groups is 1. The van der Waals surface area contributed by atoms with Crippen molar-refractivity contribution >= 4 is 11.6 Å². The van der Waals surface area contributed by atoms with Crippen molar-refractivity contribution in [1.29, 1.82) is 0 Å². The van der Waals surface area contributed by atoms with Crippen LogP contribution in [-0.2, 0) is 9.63 Å². The van der Waals surface area contributed by atoms with Crippen LogP contribution in [0.4, 0.5) is 13.2 Å². The standard InChI is InChI=1S/C17H19F3N2O2/c18-17(19,20)15(12-8-4-5-9-12)21-16(23)13-10-14(24-22-13)11-6-2-1-3-7-11/h1-3,6-7,12,14-15H,4-5,8-10H2,(H,21,23)/t14-,15-/m1/s1. The predicted molar refractivity (Wildman–Crippen MR) is 82.3 cm³/mol. The van der Waals surface area contributed by atoms with E-state index in [1.54, 1.807) is 0 Å². The Kier molecular flexibility index (Phi) is 4.78. The highest BCUT2D eigenvalue weighted by molar-refractivity contribution is 6.39. The lowest BCUT2D eigenvalue weighted by Crippen LogP contribution is -2.51. The third-order valence-electron chi connectivity index (χ3n) is 4.61. The average Bonchev–Trinajstić information content (AvgIpc) is 3.23. The summed E-state index contributed by atoms with van der Waals surface area (Å²) in [5.74, 6) is -1.34. The molecule has 7 heteroatoms. The second-order valence-electron chi connectivity index (χ2n) is 6.28. The maximum Gasteiger partial charge on any atom is 0.408 e. The third kappa shape index (κ3) is 3.71. The molecule has 1 heterocycles. The summed E-state index contributed by atoms with van der Waals surface area (Å²) in [5, 5.41) is 5.83. The van der Waals surface area contributed by atoms with Gasteiger partial charge in [-0.25, -0.2) is 0 Å². The molecule has 1 aromatic rings. The molecule has 0 spiro atoms. The highest BCUT2D eigenvalue weighted by atomic mass is 19.4. The number of nitrogens with one attached hydrogen (secondary N) is 1. The molecular weight excluding hydrogens is 321 g/mol. The molecule has 1 aliphatic carbocycles. The van der Waals surface area contributed by atoms with Gasteiger partial charge in [-0.05, 0) is 24.3 Å². The van der Waals surface area contributed by atoms with E-state index >= 15 is 0 Å². The van der Waals surface area contributed by atoms with Crippen molar-refractivity contribution in [3.8, 4) is 0 Å². The first-order valence-corrected chi connectivity index (χ1v) is 8.10. The molecule has 0 unspecified atom stereocenters. The SMILES string of the molecule is O=C(N[C@H](C1CCCC1)C(F)(F)F)C1=NO[C@@H](c2ccccc2)C1. The van der Waals surface area contributed by atoms with Crippen molar-refractivity contribution in [3.05, 3.63) is 35.9 Å². The van der Waals surface area contributed by atoms with E-state index in [9.17, 15) is 18.0 Å². The minimum Gasteiger partial charge on any atom is -0.387 e. The van der Waals surface area contributed by atoms with Crippen LogP contribution in [0.5, 0.6) is 0 Å². The molecule has 1 N–H and O–H groups in total. The Morgan fingerprint density at radius 2 is 1.88 bits per heavy atom. The molecule has 1 aliphatic heterocycles. The number of amides is 1. The summed E-state index contributed by atoms with van der Waals surface area (Å²) in [6.07, 6.45) is -2.20. The van der Waals surface area contributed by atoms with Crippen LogP contribution in [0.15, 0.2) is 35.5 Å². The van der Waals surface area contributed by atoms with Gasteiger partial charge in [0.05, 0.1) is 0 Å². The monoisotopic (exact) mass is 340 g/mol. The van der Waals surface area contributed by atoms with Crippen molar-refractivity contribution in [3.63, 3.8) is 0 Å². The van der Waals surface area contributed by atoms with E-state index in [-0.39, 0.29) is 12.1 Å². The normalized spacial score (nSPS) is 22.8. The summed E-state index contributed by atoms with van der Waals surface area (Å²) < 4.78 is 39.8. The molecule has 4 nitrogen and oxygen atoms in total. The van der Waals surface area contributed by atoms with E-state index in [1.165, 1.54) is 0 Å². The van der Waals surface area contributed by atoms with Crippen molar-refractivity contribution in [2.45, 2.75) is 50.4 Å². The molecule has 0 aromatic heterocycles. The maximum atomic E-state index is 13.3. The van der Waals surface area contributed by atoms with Crippen molar-refractivity contribution < 1.29 is 22.8 Å². The van der Waals surface area contributed by atoms with Crippen LogP contribution < -0.4 is 5.32 Å². The molecule has 2 atom stereocenters. The van der Waals surface area contributed by atoms with Crippen LogP contribution in [0, 0.1) is 5.92 Å². The summed E-state index contributed by atoms with van der Waals surface area (Å²) in [6.45, 7) is 0. The summed E-state index contributed by atoms with van der Waals surface area (Å²) in [7, 11) is 0. The highest BCUT2D eigenvalue weighted by Gasteiger charge is 2.47. The topological polar surface area (TPSA) is 50.7 Å². The van der Waals surface area contributed by atoms with Crippen LogP contribution in [0.3, 0.4) is 0 Å². The third-order valence-corrected chi connectivity index (χ3v) is 4.61. The first kappa shape index (κ1) is 16.8. The minimum absolute atomic E-state index is 0.0103. The smallest absolute Gasteiger partial charge is 0.387 e. The molecule has 24 heavy (non-hydrogen) atoms. The van der Waals surface area contributed by atoms with Crippen LogP contribution >= 0.6 is 0 Å². The molecule has 1 aromatic carbocycles. The number of oxime groups is 1. The number of rotatable bonds is 4. The lowest BCUT2D eigenvalue weighted by atomic mass is 9.97. The fourth-order valence-corrected chi connectivity index (χ4v) is 3.34. The molecule has 130 valence electrons. The van der Waals surface area contributed by atoms with E-state index in [4.69, 9.17) is 4.84 Å². The minimum atomic E-state index is -4.45. The Hall–Kier alpha value is -2.05. The zero-order valence-electron chi connectivity index (χ0n) is 13.1. The summed E-state index contributed by atoms with van der Waals surface area (Å²) >= 11 is 0. The quantitative estimate of drug-likeness (QED) is 0.908. The molecule has 1 amide bonds. The fraction of sp³-hybridized carbons (Fsp3) is 0.529. The van der Waals surface area contributed by atoms with E-state index in [1.807, 2.05) is 30.3 Å². The van der Waals surface area contributed by atoms with E-state index < -0.39 is 30.1 Å². The van der Waals surface area contributed by atoms with Gasteiger partial charge in [0, 0.05) is 6.42 Å². The maximum absolute atomic E-state index is 13.3. The summed E-state index contributed by atoms with van der Waals surface area (Å²) in [5.41, 5.74) is 0.850. The zero-order chi connectivity index (χ0) is 17.2. The van der Waals surface area contributed by atoms with E-state index in [0.29, 0.717) is 12.8 Å². The van der Waals surface area contributed by atoms with Crippen molar-refractivity contribution in [1.82, 2.24) is 5.32 Å². The van der Waals surface area contributed by atoms with Crippen LogP contribution in [-0.4, -0.2) is 23.8 Å². The number of hydrogen-bond donors (Lipinski definition) is 1. The number of alkyl halides is 3. The first-order chi connectivity index (χ1) is 11.4. The number of nitrogens with zero attached hydrogens (tertiary/aromatic N) is 1. The molecule has 0 bridgehead atoms. The number of carbonyl (C=O) groups excluding carboxylic acids is 1. The molecular formula is C17H19F3N2O2. The van der Waals surface area contributed by atoms with E-state index in [0.717, 1.165) is 18.4 Å². The molecule has 1 saturated carbocycles. The summed E-state index contributed by atoms with van der Waals surface area (Å²) in [4.78, 5) is 17.4. The van der Waals surface area contributed by atoms with Crippen molar-refractivity contribution in [2.75, 3.05) is 0 Å². The molecule has 1 fully saturated rings. The van der Waals surface area contributed by atoms with Gasteiger partial charge in [-0.3, -0.25) is 4.79 Å². The van der Waals surface area contributed by atoms with Gasteiger partial charge in [0.2, 0.25) is 0 Å². The van der Waals surface area contributed by atoms with Gasteiger partial charge in [0.25, 0.3) is 5.91 Å². The van der Waals surface area contributed by atoms with Gasteiger partial charge in [-0.1, -0.05) is 48.3 Å². The number of halogens is 3. The Morgan fingerprint density at radius 3 is 2.50 bits per heavy atom. The molecule has 3 rings (SSSR count). The molecule has 0 radical (unpaired) electrons. The highest BCUT2D eigenvalue weighted by Crippen LogP contribution is 2.36. The fourth-order valence-electron chi connectivity index (χ4n) is 3.34. The van der Waals surface area contributed by atoms with E-state index in [2.05, 4.69) is 10.5 Å². The lowest BCUT2D eigenvalue weighted by molar-refractivity contribution is -0.170. The Balaban J connectivity index is 1.64. The van der Waals surface area contributed by atoms with Crippen molar-refractivity contribution in [2.24, 2.45) is 11.1 Å². The number of hydrogen-bond acceptors (Lipinski definition) is 3. The van der Waals surface area contributed by atoms with Gasteiger partial charge in [0.1, 0.15) is 11.8 Å². The lowest BCUT2D eigenvalue weighted by Gasteiger charge is -2.26. The van der Waals surface area contributed by atoms with Gasteiger partial charge < -0.3 is 10.2 Å². The van der Waals surface area contributed by atoms with Gasteiger partial charge in [0.15, 0.2) is 6.10 Å². The van der Waals surface area contributed by atoms with Crippen LogP contribution in [0.25, 0.3) is 0 Å². The van der Waals surface area contributed by atoms with Gasteiger partial charge in [-0.2, -0.15) is 13.2 Å². The predicted octanol–water partition coefficient (Wildman–Crippen LogP) is 3.74. The largest absolute Gasteiger partial charge is 0.408 e. The van der Waals surface area contributed by atoms with Crippen LogP contribution in [0.2, 0.25) is 0 Å². The second-order valence-corrected chi connectivity index (χ2v) is 6.28. The van der Waals surface area contributed by atoms with Crippen LogP contribution in [0.1, 0.15) is 43.8 Å². The Morgan fingerprint density at radius 1 is 1.21 bits per heavy atom. The summed E-state index contributed by atoms with van der Waals surface area (Å²) in [6, 6.07) is 7.36. The Bertz CT molecular complexity index is 610. The zero-order valence-corrected chi connectivity index (χ0v) is 13.1. The number of benzene rings is 1. The average molecular weight is 340 g/mol. The molecule has 2 aliphatic rings.